The second-order valence-electron chi connectivity index (χ2n) is 4.16. The van der Waals surface area contributed by atoms with E-state index in [1.54, 1.807) is 25.1 Å². The van der Waals surface area contributed by atoms with E-state index in [4.69, 9.17) is 4.74 Å². The highest BCUT2D eigenvalue weighted by atomic mass is 32.2. The van der Waals surface area contributed by atoms with Crippen LogP contribution in [0.3, 0.4) is 0 Å². The molecule has 5 heteroatoms. The number of ether oxygens (including phenoxy) is 1. The van der Waals surface area contributed by atoms with Crippen LogP contribution in [0.4, 0.5) is 0 Å². The summed E-state index contributed by atoms with van der Waals surface area (Å²) in [6, 6.07) is 7.57. The lowest BCUT2D eigenvalue weighted by atomic mass is 10.2. The maximum absolute atomic E-state index is 12.1. The number of benzene rings is 1. The summed E-state index contributed by atoms with van der Waals surface area (Å²) in [7, 11) is 3.35. The lowest BCUT2D eigenvalue weighted by Gasteiger charge is -2.06. The Morgan fingerprint density at radius 3 is 2.70 bits per heavy atom. The fourth-order valence-electron chi connectivity index (χ4n) is 1.69. The van der Waals surface area contributed by atoms with Gasteiger partial charge in [0.25, 0.3) is 5.91 Å². The fourth-order valence-corrected chi connectivity index (χ4v) is 2.66. The molecule has 0 aliphatic carbocycles. The van der Waals surface area contributed by atoms with E-state index in [-0.39, 0.29) is 5.91 Å². The molecule has 1 saturated heterocycles. The molecular weight excluding hydrogens is 272 g/mol. The van der Waals surface area contributed by atoms with Crippen molar-refractivity contribution in [1.29, 1.82) is 0 Å². The van der Waals surface area contributed by atoms with Crippen LogP contribution in [0.5, 0.6) is 5.75 Å². The smallest absolute Gasteiger partial charge is 0.266 e. The van der Waals surface area contributed by atoms with Crippen LogP contribution in [0.1, 0.15) is 5.56 Å². The molecule has 0 atom stereocenters. The molecule has 1 aliphatic heterocycles. The largest absolute Gasteiger partial charge is 0.497 e. The van der Waals surface area contributed by atoms with Crippen molar-refractivity contribution in [3.8, 4) is 5.75 Å². The molecule has 1 aliphatic rings. The Balaban J connectivity index is 2.21. The van der Waals surface area contributed by atoms with Crippen LogP contribution < -0.4 is 4.74 Å². The third-order valence-electron chi connectivity index (χ3n) is 2.77. The molecular formula is C15H16N2O2S. The quantitative estimate of drug-likeness (QED) is 0.632. The van der Waals surface area contributed by atoms with Crippen molar-refractivity contribution in [2.24, 2.45) is 4.99 Å². The number of carbonyl (C=O) groups excluding carboxylic acids is 1. The van der Waals surface area contributed by atoms with Crippen LogP contribution in [0.15, 0.2) is 46.8 Å². The van der Waals surface area contributed by atoms with Gasteiger partial charge >= 0.3 is 0 Å². The minimum Gasteiger partial charge on any atom is -0.497 e. The minimum absolute atomic E-state index is 0.0337. The van der Waals surface area contributed by atoms with Crippen molar-refractivity contribution in [3.05, 3.63) is 47.4 Å². The van der Waals surface area contributed by atoms with E-state index < -0.39 is 0 Å². The van der Waals surface area contributed by atoms with Crippen molar-refractivity contribution < 1.29 is 9.53 Å². The zero-order valence-electron chi connectivity index (χ0n) is 11.5. The maximum Gasteiger partial charge on any atom is 0.266 e. The van der Waals surface area contributed by atoms with Gasteiger partial charge in [0.05, 0.1) is 18.6 Å². The molecule has 1 fully saturated rings. The number of amides is 1. The van der Waals surface area contributed by atoms with E-state index >= 15 is 0 Å². The van der Waals surface area contributed by atoms with Gasteiger partial charge in [0.1, 0.15) is 5.75 Å². The van der Waals surface area contributed by atoms with Crippen LogP contribution in [0.25, 0.3) is 6.08 Å². The Hall–Kier alpha value is -2.01. The first-order valence-electron chi connectivity index (χ1n) is 6.12. The highest BCUT2D eigenvalue weighted by Gasteiger charge is 2.29. The summed E-state index contributed by atoms with van der Waals surface area (Å²) in [5.74, 6) is 0.761. The summed E-state index contributed by atoms with van der Waals surface area (Å²) in [6.07, 6.45) is 3.57. The SMILES string of the molecule is C=CCN=C1S/C(=C\c2ccc(OC)cc2)C(=O)N1C. The highest BCUT2D eigenvalue weighted by molar-refractivity contribution is 8.18. The van der Waals surface area contributed by atoms with Crippen molar-refractivity contribution in [2.45, 2.75) is 0 Å². The molecule has 1 aromatic rings. The number of hydrogen-bond donors (Lipinski definition) is 0. The van der Waals surface area contributed by atoms with E-state index in [2.05, 4.69) is 11.6 Å². The van der Waals surface area contributed by atoms with Crippen molar-refractivity contribution in [1.82, 2.24) is 4.90 Å². The number of amidine groups is 1. The number of aliphatic imine (C=N–C) groups is 1. The van der Waals surface area contributed by atoms with Gasteiger partial charge in [-0.05, 0) is 35.5 Å². The fraction of sp³-hybridized carbons (Fsp3) is 0.200. The average Bonchev–Trinajstić information content (AvgIpc) is 2.74. The molecule has 1 heterocycles. The summed E-state index contributed by atoms with van der Waals surface area (Å²) in [5, 5.41) is 0.703. The van der Waals surface area contributed by atoms with Crippen LogP contribution in [0.2, 0.25) is 0 Å². The van der Waals surface area contributed by atoms with Gasteiger partial charge in [-0.3, -0.25) is 14.7 Å². The topological polar surface area (TPSA) is 41.9 Å². The lowest BCUT2D eigenvalue weighted by Crippen LogP contribution is -2.24. The summed E-state index contributed by atoms with van der Waals surface area (Å²) in [5.41, 5.74) is 0.958. The molecule has 0 unspecified atom stereocenters. The second kappa shape index (κ2) is 6.43. The maximum atomic E-state index is 12.1. The number of likely N-dealkylation sites (N-methyl/N-ethyl adjacent to an activating group) is 1. The minimum atomic E-state index is -0.0337. The number of thioether (sulfide) groups is 1. The van der Waals surface area contributed by atoms with Gasteiger partial charge in [-0.2, -0.15) is 0 Å². The van der Waals surface area contributed by atoms with Gasteiger partial charge in [0, 0.05) is 7.05 Å². The molecule has 0 bridgehead atoms. The monoisotopic (exact) mass is 288 g/mol. The Bertz CT molecular complexity index is 576. The number of hydrogen-bond acceptors (Lipinski definition) is 4. The van der Waals surface area contributed by atoms with Gasteiger partial charge < -0.3 is 4.74 Å². The highest BCUT2D eigenvalue weighted by Crippen LogP contribution is 2.31. The molecule has 1 aromatic carbocycles. The standard InChI is InChI=1S/C15H16N2O2S/c1-4-9-16-15-17(2)14(18)13(20-15)10-11-5-7-12(19-3)8-6-11/h4-8,10H,1,9H2,2-3H3/b13-10-,16-15?. The first-order chi connectivity index (χ1) is 9.65. The van der Waals surface area contributed by atoms with E-state index in [1.165, 1.54) is 11.8 Å². The summed E-state index contributed by atoms with van der Waals surface area (Å²) in [6.45, 7) is 4.13. The molecule has 0 spiro atoms. The predicted octanol–water partition coefficient (Wildman–Crippen LogP) is 2.78. The van der Waals surface area contributed by atoms with Crippen LogP contribution in [-0.2, 0) is 4.79 Å². The molecule has 20 heavy (non-hydrogen) atoms. The van der Waals surface area contributed by atoms with Gasteiger partial charge in [-0.25, -0.2) is 0 Å². The third-order valence-corrected chi connectivity index (χ3v) is 3.87. The molecule has 2 rings (SSSR count). The molecule has 4 nitrogen and oxygen atoms in total. The Labute approximate surface area is 122 Å². The van der Waals surface area contributed by atoms with Crippen LogP contribution in [-0.4, -0.2) is 36.7 Å². The molecule has 0 radical (unpaired) electrons. The van der Waals surface area contributed by atoms with Gasteiger partial charge in [0.2, 0.25) is 0 Å². The molecule has 0 aromatic heterocycles. The zero-order valence-corrected chi connectivity index (χ0v) is 12.3. The molecule has 104 valence electrons. The Kier molecular flexibility index (Phi) is 4.63. The summed E-state index contributed by atoms with van der Waals surface area (Å²) >= 11 is 1.38. The Morgan fingerprint density at radius 1 is 1.40 bits per heavy atom. The zero-order chi connectivity index (χ0) is 14.5. The average molecular weight is 288 g/mol. The first-order valence-corrected chi connectivity index (χ1v) is 6.94. The summed E-state index contributed by atoms with van der Waals surface area (Å²) in [4.78, 5) is 18.6. The first kappa shape index (κ1) is 14.4. The van der Waals surface area contributed by atoms with Gasteiger partial charge in [-0.15, -0.1) is 6.58 Å². The third kappa shape index (κ3) is 3.11. The van der Waals surface area contributed by atoms with E-state index in [0.717, 1.165) is 11.3 Å². The number of carbonyl (C=O) groups is 1. The number of nitrogens with zero attached hydrogens (tertiary/aromatic N) is 2. The molecule has 0 N–H and O–H groups in total. The van der Waals surface area contributed by atoms with Gasteiger partial charge in [0.15, 0.2) is 5.17 Å². The molecule has 0 saturated carbocycles. The molecule has 1 amide bonds. The van der Waals surface area contributed by atoms with E-state index in [1.807, 2.05) is 30.3 Å². The normalized spacial score (nSPS) is 18.9. The van der Waals surface area contributed by atoms with Crippen LogP contribution in [0, 0.1) is 0 Å². The predicted molar refractivity (Wildman–Crippen MR) is 83.8 cm³/mol. The number of rotatable bonds is 4. The summed E-state index contributed by atoms with van der Waals surface area (Å²) < 4.78 is 5.11. The second-order valence-corrected chi connectivity index (χ2v) is 5.17. The van der Waals surface area contributed by atoms with E-state index in [9.17, 15) is 4.79 Å². The lowest BCUT2D eigenvalue weighted by molar-refractivity contribution is -0.121. The van der Waals surface area contributed by atoms with Crippen molar-refractivity contribution in [3.63, 3.8) is 0 Å². The Morgan fingerprint density at radius 2 is 2.10 bits per heavy atom. The number of methoxy groups -OCH3 is 1. The van der Waals surface area contributed by atoms with Crippen molar-refractivity contribution >= 4 is 28.9 Å². The van der Waals surface area contributed by atoms with Crippen molar-refractivity contribution in [2.75, 3.05) is 20.7 Å². The van der Waals surface area contributed by atoms with Gasteiger partial charge in [-0.1, -0.05) is 18.2 Å². The van der Waals surface area contributed by atoms with Crippen LogP contribution >= 0.6 is 11.8 Å². The van der Waals surface area contributed by atoms with E-state index in [0.29, 0.717) is 16.6 Å².